The summed E-state index contributed by atoms with van der Waals surface area (Å²) in [5.74, 6) is -2.87. The molecule has 43 heavy (non-hydrogen) atoms. The maximum absolute atomic E-state index is 15.7. The minimum atomic E-state index is -4.54. The second kappa shape index (κ2) is 12.1. The van der Waals surface area contributed by atoms with E-state index in [2.05, 4.69) is 15.4 Å². The number of aromatic nitrogens is 3. The van der Waals surface area contributed by atoms with Crippen LogP contribution in [-0.4, -0.2) is 41.9 Å². The van der Waals surface area contributed by atoms with Gasteiger partial charge in [0.2, 0.25) is 0 Å². The Labute approximate surface area is 247 Å². The number of rotatable bonds is 9. The van der Waals surface area contributed by atoms with Gasteiger partial charge >= 0.3 is 0 Å². The van der Waals surface area contributed by atoms with Crippen molar-refractivity contribution in [3.63, 3.8) is 0 Å². The second-order valence-corrected chi connectivity index (χ2v) is 12.9. The Balaban J connectivity index is 1.53. The monoisotopic (exact) mass is 618 g/mol. The number of anilines is 2. The zero-order valence-corrected chi connectivity index (χ0v) is 24.9. The quantitative estimate of drug-likeness (QED) is 0.186. The molecule has 1 aliphatic rings. The minimum absolute atomic E-state index is 0.0720. The lowest BCUT2D eigenvalue weighted by Gasteiger charge is -2.30. The van der Waals surface area contributed by atoms with Gasteiger partial charge in [0.25, 0.3) is 10.0 Å². The summed E-state index contributed by atoms with van der Waals surface area (Å²) in [6.45, 7) is 5.64. The number of pyridine rings is 1. The van der Waals surface area contributed by atoms with Gasteiger partial charge in [-0.3, -0.25) is 9.40 Å². The number of benzene rings is 2. The predicted molar refractivity (Wildman–Crippen MR) is 158 cm³/mol. The van der Waals surface area contributed by atoms with Crippen molar-refractivity contribution < 1.29 is 26.0 Å². The fraction of sp³-hybridized carbons (Fsp3) is 0.400. The molecule has 2 heterocycles. The maximum Gasteiger partial charge on any atom is 0.264 e. The first-order chi connectivity index (χ1) is 20.4. The Hall–Kier alpha value is -3.71. The lowest BCUT2D eigenvalue weighted by molar-refractivity contribution is 0.290. The van der Waals surface area contributed by atoms with Crippen molar-refractivity contribution in [2.24, 2.45) is 0 Å². The summed E-state index contributed by atoms with van der Waals surface area (Å²) in [6, 6.07) is 6.19. The molecule has 0 bridgehead atoms. The highest BCUT2D eigenvalue weighted by molar-refractivity contribution is 7.92. The van der Waals surface area contributed by atoms with Crippen molar-refractivity contribution in [2.45, 2.75) is 75.5 Å². The first-order valence-corrected chi connectivity index (χ1v) is 15.7. The molecule has 8 nitrogen and oxygen atoms in total. The number of fused-ring (bicyclic) bond motifs is 1. The van der Waals surface area contributed by atoms with E-state index in [0.717, 1.165) is 49.4 Å². The van der Waals surface area contributed by atoms with E-state index in [1.54, 1.807) is 10.9 Å². The van der Waals surface area contributed by atoms with Gasteiger partial charge in [-0.1, -0.05) is 12.1 Å². The number of alkyl halides is 1. The molecule has 2 aromatic carbocycles. The Morgan fingerprint density at radius 1 is 1.02 bits per heavy atom. The summed E-state index contributed by atoms with van der Waals surface area (Å²) >= 11 is 0. The molecule has 0 spiro atoms. The van der Waals surface area contributed by atoms with Crippen LogP contribution >= 0.6 is 0 Å². The molecule has 0 saturated heterocycles. The van der Waals surface area contributed by atoms with Crippen LogP contribution in [0, 0.1) is 17.5 Å². The summed E-state index contributed by atoms with van der Waals surface area (Å²) in [4.78, 5) is 3.70. The number of hydrogen-bond acceptors (Lipinski definition) is 6. The van der Waals surface area contributed by atoms with Crippen LogP contribution in [0.15, 0.2) is 47.5 Å². The smallest absolute Gasteiger partial charge is 0.264 e. The van der Waals surface area contributed by atoms with E-state index in [1.807, 2.05) is 18.6 Å². The van der Waals surface area contributed by atoms with Gasteiger partial charge in [0.1, 0.15) is 40.0 Å². The lowest BCUT2D eigenvalue weighted by Crippen LogP contribution is -2.36. The number of nitrogens with zero attached hydrogens (tertiary/aromatic N) is 3. The Morgan fingerprint density at radius 3 is 2.37 bits per heavy atom. The molecule has 230 valence electrons. The summed E-state index contributed by atoms with van der Waals surface area (Å²) in [7, 11) is -4.54. The van der Waals surface area contributed by atoms with E-state index < -0.39 is 44.2 Å². The van der Waals surface area contributed by atoms with Gasteiger partial charge in [-0.15, -0.1) is 0 Å². The van der Waals surface area contributed by atoms with Crippen molar-refractivity contribution in [3.8, 4) is 11.3 Å². The van der Waals surface area contributed by atoms with Gasteiger partial charge in [-0.05, 0) is 76.1 Å². The van der Waals surface area contributed by atoms with Gasteiger partial charge in [-0.25, -0.2) is 31.0 Å². The fourth-order valence-corrected chi connectivity index (χ4v) is 6.82. The average Bonchev–Trinajstić information content (AvgIpc) is 3.36. The summed E-state index contributed by atoms with van der Waals surface area (Å²) in [5.41, 5.74) is 7.05. The lowest BCUT2D eigenvalue weighted by atomic mass is 9.81. The molecule has 1 fully saturated rings. The third-order valence-corrected chi connectivity index (χ3v) is 9.21. The van der Waals surface area contributed by atoms with E-state index in [9.17, 15) is 17.2 Å². The van der Waals surface area contributed by atoms with E-state index >= 15 is 8.78 Å². The highest BCUT2D eigenvalue weighted by Crippen LogP contribution is 2.42. The molecule has 5 rings (SSSR count). The zero-order chi connectivity index (χ0) is 31.1. The topological polar surface area (TPSA) is 115 Å². The standard InChI is InChI=1S/C30H34F4N6O2S/c1-16(2)40-29-21(18-8-10-19(11-9-18)36-14-17(3)31)15-37-30(35)27(29)28(38-40)20-12-24(34)25(13-23(20)33)39-43(41,42)26-7-5-4-6-22(26)32/h4-7,12-13,15-19,36,39H,8-11,14H2,1-3H3,(H2,35,37)/t17?,18-,19-. The van der Waals surface area contributed by atoms with Gasteiger partial charge in [-0.2, -0.15) is 5.10 Å². The largest absolute Gasteiger partial charge is 0.383 e. The zero-order valence-electron chi connectivity index (χ0n) is 24.0. The van der Waals surface area contributed by atoms with Gasteiger partial charge in [0.05, 0.1) is 16.6 Å². The van der Waals surface area contributed by atoms with Gasteiger partial charge in [0, 0.05) is 36.5 Å². The molecular formula is C30H34F4N6O2S. The number of hydrogen-bond donors (Lipinski definition) is 3. The molecule has 1 unspecified atom stereocenters. The molecule has 13 heteroatoms. The third kappa shape index (κ3) is 6.19. The average molecular weight is 619 g/mol. The first kappa shape index (κ1) is 30.7. The summed E-state index contributed by atoms with van der Waals surface area (Å²) in [6.07, 6.45) is 4.10. The molecule has 1 atom stereocenters. The number of nitrogens with one attached hydrogen (secondary N) is 2. The van der Waals surface area contributed by atoms with Crippen LogP contribution in [-0.2, 0) is 10.0 Å². The normalized spacial score (nSPS) is 18.3. The number of nitrogen functional groups attached to an aromatic ring is 1. The van der Waals surface area contributed by atoms with Crippen LogP contribution < -0.4 is 15.8 Å². The Kier molecular flexibility index (Phi) is 8.66. The fourth-order valence-electron chi connectivity index (χ4n) is 5.69. The van der Waals surface area contributed by atoms with Gasteiger partial charge < -0.3 is 11.1 Å². The first-order valence-electron chi connectivity index (χ1n) is 14.2. The SMILES string of the molecule is CC(F)CN[C@H]1CC[C@H](c2cnc(N)c3c(-c4cc(F)c(NS(=O)(=O)c5ccccc5F)cc4F)nn(C(C)C)c32)CC1. The minimum Gasteiger partial charge on any atom is -0.383 e. The van der Waals surface area contributed by atoms with Crippen molar-refractivity contribution >= 4 is 32.4 Å². The van der Waals surface area contributed by atoms with Crippen LogP contribution in [0.1, 0.15) is 64.0 Å². The van der Waals surface area contributed by atoms with E-state index in [-0.39, 0.29) is 35.1 Å². The van der Waals surface area contributed by atoms with Crippen molar-refractivity contribution in [1.82, 2.24) is 20.1 Å². The predicted octanol–water partition coefficient (Wildman–Crippen LogP) is 6.45. The van der Waals surface area contributed by atoms with Gasteiger partial charge in [0.15, 0.2) is 0 Å². The molecule has 4 N–H and O–H groups in total. The van der Waals surface area contributed by atoms with Crippen molar-refractivity contribution in [3.05, 3.63) is 65.6 Å². The van der Waals surface area contributed by atoms with Crippen LogP contribution in [0.25, 0.3) is 22.2 Å². The molecular weight excluding hydrogens is 584 g/mol. The molecule has 0 radical (unpaired) electrons. The highest BCUT2D eigenvalue weighted by atomic mass is 32.2. The van der Waals surface area contributed by atoms with Crippen molar-refractivity contribution in [1.29, 1.82) is 0 Å². The van der Waals surface area contributed by atoms with Crippen LogP contribution in [0.4, 0.5) is 29.1 Å². The van der Waals surface area contributed by atoms with Crippen LogP contribution in [0.3, 0.4) is 0 Å². The second-order valence-electron chi connectivity index (χ2n) is 11.3. The molecule has 0 aliphatic heterocycles. The summed E-state index contributed by atoms with van der Waals surface area (Å²) < 4.78 is 87.5. The number of halogens is 4. The Bertz CT molecular complexity index is 1750. The van der Waals surface area contributed by atoms with Crippen molar-refractivity contribution in [2.75, 3.05) is 17.0 Å². The van der Waals surface area contributed by atoms with Crippen LogP contribution in [0.2, 0.25) is 0 Å². The molecule has 1 aliphatic carbocycles. The number of nitrogens with two attached hydrogens (primary N) is 1. The molecule has 2 aromatic heterocycles. The van der Waals surface area contributed by atoms with E-state index in [4.69, 9.17) is 5.73 Å². The van der Waals surface area contributed by atoms with E-state index in [1.165, 1.54) is 19.1 Å². The molecule has 4 aromatic rings. The van der Waals surface area contributed by atoms with E-state index in [0.29, 0.717) is 23.5 Å². The third-order valence-electron chi connectivity index (χ3n) is 7.81. The number of sulfonamides is 1. The summed E-state index contributed by atoms with van der Waals surface area (Å²) in [5, 5.41) is 8.29. The molecule has 1 saturated carbocycles. The highest BCUT2D eigenvalue weighted by Gasteiger charge is 2.30. The molecule has 0 amide bonds. The van der Waals surface area contributed by atoms with Crippen LogP contribution in [0.5, 0.6) is 0 Å². The maximum atomic E-state index is 15.7. The Morgan fingerprint density at radius 2 is 1.72 bits per heavy atom.